The number of aromatic nitrogens is 2. The van der Waals surface area contributed by atoms with Gasteiger partial charge in [-0.25, -0.2) is 9.97 Å². The molecule has 0 aliphatic heterocycles. The van der Waals surface area contributed by atoms with Crippen molar-refractivity contribution in [3.63, 3.8) is 0 Å². The van der Waals surface area contributed by atoms with E-state index in [0.717, 1.165) is 19.3 Å². The molecule has 4 heteroatoms. The third-order valence-electron chi connectivity index (χ3n) is 3.21. The number of hydrogen-bond acceptors (Lipinski definition) is 4. The average molecular weight is 241 g/mol. The molecule has 1 atom stereocenters. The monoisotopic (exact) mass is 241 g/mol. The van der Waals surface area contributed by atoms with E-state index < -0.39 is 0 Å². The van der Waals surface area contributed by atoms with E-state index in [2.05, 4.69) is 28.2 Å². The summed E-state index contributed by atoms with van der Waals surface area (Å²) in [5.74, 6) is 0. The normalized spacial score (nSPS) is 18.1. The smallest absolute Gasteiger partial charge is 0.317 e. The van der Waals surface area contributed by atoms with Crippen LogP contribution >= 0.6 is 0 Å². The highest BCUT2D eigenvalue weighted by Gasteiger charge is 2.21. The number of nitrogens with two attached hydrogens (primary N) is 1. The third-order valence-corrected chi connectivity index (χ3v) is 3.21. The summed E-state index contributed by atoms with van der Waals surface area (Å²) >= 11 is 0. The lowest BCUT2D eigenvalue weighted by Crippen LogP contribution is -2.16. The molecule has 18 heavy (non-hydrogen) atoms. The van der Waals surface area contributed by atoms with Gasteiger partial charge < -0.3 is 10.5 Å². The first-order valence-corrected chi connectivity index (χ1v) is 6.15. The summed E-state index contributed by atoms with van der Waals surface area (Å²) in [6.45, 7) is 0. The van der Waals surface area contributed by atoms with E-state index in [-0.39, 0.29) is 6.10 Å². The molecule has 0 spiro atoms. The number of ether oxygens (including phenoxy) is 1. The van der Waals surface area contributed by atoms with E-state index in [0.29, 0.717) is 11.7 Å². The van der Waals surface area contributed by atoms with Gasteiger partial charge in [0.05, 0.1) is 18.1 Å². The predicted molar refractivity (Wildman–Crippen MR) is 69.2 cm³/mol. The molecule has 1 heterocycles. The quantitative estimate of drug-likeness (QED) is 0.877. The van der Waals surface area contributed by atoms with Crippen molar-refractivity contribution in [3.05, 3.63) is 47.8 Å². The van der Waals surface area contributed by atoms with Crippen LogP contribution in [0.2, 0.25) is 0 Å². The van der Waals surface area contributed by atoms with Crippen LogP contribution in [-0.4, -0.2) is 9.97 Å². The minimum absolute atomic E-state index is 0.0542. The van der Waals surface area contributed by atoms with Gasteiger partial charge in [-0.3, -0.25) is 0 Å². The van der Waals surface area contributed by atoms with Gasteiger partial charge in [0.25, 0.3) is 0 Å². The van der Waals surface area contributed by atoms with Crippen LogP contribution in [-0.2, 0) is 6.42 Å². The number of benzene rings is 1. The Labute approximate surface area is 106 Å². The molecular formula is C14H15N3O. The van der Waals surface area contributed by atoms with Gasteiger partial charge in [-0.15, -0.1) is 0 Å². The van der Waals surface area contributed by atoms with E-state index in [1.807, 2.05) is 6.07 Å². The van der Waals surface area contributed by atoms with Crippen molar-refractivity contribution in [1.82, 2.24) is 9.97 Å². The molecule has 3 rings (SSSR count). The van der Waals surface area contributed by atoms with Crippen LogP contribution in [0.15, 0.2) is 36.7 Å². The number of rotatable bonds is 2. The molecule has 0 amide bonds. The molecule has 0 radical (unpaired) electrons. The van der Waals surface area contributed by atoms with Crippen molar-refractivity contribution < 1.29 is 4.74 Å². The lowest BCUT2D eigenvalue weighted by atomic mass is 9.89. The number of nitrogen functional groups attached to an aromatic ring is 1. The van der Waals surface area contributed by atoms with E-state index in [1.54, 1.807) is 12.4 Å². The number of aryl methyl sites for hydroxylation is 1. The van der Waals surface area contributed by atoms with Crippen molar-refractivity contribution in [2.45, 2.75) is 25.4 Å². The molecule has 1 aromatic heterocycles. The van der Waals surface area contributed by atoms with Crippen molar-refractivity contribution in [3.8, 4) is 6.01 Å². The van der Waals surface area contributed by atoms with E-state index in [1.165, 1.54) is 11.1 Å². The first kappa shape index (κ1) is 11.0. The zero-order valence-corrected chi connectivity index (χ0v) is 10.0. The molecule has 2 N–H and O–H groups in total. The molecule has 92 valence electrons. The van der Waals surface area contributed by atoms with Crippen molar-refractivity contribution in [1.29, 1.82) is 0 Å². The number of nitrogens with zero attached hydrogens (tertiary/aromatic N) is 2. The lowest BCUT2D eigenvalue weighted by Gasteiger charge is -2.25. The first-order valence-electron chi connectivity index (χ1n) is 6.15. The molecular weight excluding hydrogens is 226 g/mol. The fraction of sp³-hybridized carbons (Fsp3) is 0.286. The fourth-order valence-electron chi connectivity index (χ4n) is 2.35. The van der Waals surface area contributed by atoms with Crippen LogP contribution < -0.4 is 10.5 Å². The Kier molecular flexibility index (Phi) is 2.84. The van der Waals surface area contributed by atoms with Gasteiger partial charge in [0, 0.05) is 0 Å². The highest BCUT2D eigenvalue weighted by Crippen LogP contribution is 2.32. The maximum Gasteiger partial charge on any atom is 0.317 e. The van der Waals surface area contributed by atoms with Crippen LogP contribution in [0.4, 0.5) is 5.69 Å². The summed E-state index contributed by atoms with van der Waals surface area (Å²) in [5.41, 5.74) is 8.72. The molecule has 1 aliphatic rings. The van der Waals surface area contributed by atoms with Crippen molar-refractivity contribution in [2.75, 3.05) is 5.73 Å². The summed E-state index contributed by atoms with van der Waals surface area (Å²) in [7, 11) is 0. The topological polar surface area (TPSA) is 61.0 Å². The Balaban J connectivity index is 1.84. The minimum atomic E-state index is 0.0542. The second-order valence-electron chi connectivity index (χ2n) is 4.50. The average Bonchev–Trinajstić information content (AvgIpc) is 2.42. The Hall–Kier alpha value is -2.10. The second kappa shape index (κ2) is 4.64. The number of fused-ring (bicyclic) bond motifs is 1. The van der Waals surface area contributed by atoms with Gasteiger partial charge in [0.2, 0.25) is 0 Å². The summed E-state index contributed by atoms with van der Waals surface area (Å²) in [6, 6.07) is 8.79. The zero-order valence-electron chi connectivity index (χ0n) is 10.0. The fourth-order valence-corrected chi connectivity index (χ4v) is 2.35. The second-order valence-corrected chi connectivity index (χ2v) is 4.50. The van der Waals surface area contributed by atoms with Gasteiger partial charge in [-0.1, -0.05) is 24.3 Å². The zero-order chi connectivity index (χ0) is 12.4. The number of hydrogen-bond donors (Lipinski definition) is 1. The Morgan fingerprint density at radius 3 is 2.78 bits per heavy atom. The van der Waals surface area contributed by atoms with Crippen molar-refractivity contribution in [2.24, 2.45) is 0 Å². The van der Waals surface area contributed by atoms with Crippen LogP contribution in [0.5, 0.6) is 6.01 Å². The van der Waals surface area contributed by atoms with Gasteiger partial charge in [0.15, 0.2) is 0 Å². The molecule has 4 nitrogen and oxygen atoms in total. The highest BCUT2D eigenvalue weighted by molar-refractivity contribution is 5.33. The number of anilines is 1. The molecule has 1 aliphatic carbocycles. The summed E-state index contributed by atoms with van der Waals surface area (Å²) in [5, 5.41) is 0. The summed E-state index contributed by atoms with van der Waals surface area (Å²) in [6.07, 6.45) is 6.45. The Bertz CT molecular complexity index is 539. The van der Waals surface area contributed by atoms with E-state index in [9.17, 15) is 0 Å². The van der Waals surface area contributed by atoms with Gasteiger partial charge in [-0.2, -0.15) is 0 Å². The first-order chi connectivity index (χ1) is 8.83. The SMILES string of the molecule is Nc1cnc(OC2CCCc3ccccc32)nc1. The van der Waals surface area contributed by atoms with Gasteiger partial charge in [0.1, 0.15) is 6.10 Å². The molecule has 0 saturated heterocycles. The standard InChI is InChI=1S/C14H15N3O/c15-11-8-16-14(17-9-11)18-13-7-3-5-10-4-1-2-6-12(10)13/h1-2,4,6,8-9,13H,3,5,7,15H2. The molecule has 0 bridgehead atoms. The lowest BCUT2D eigenvalue weighted by molar-refractivity contribution is 0.167. The maximum absolute atomic E-state index is 5.86. The molecule has 0 fully saturated rings. The minimum Gasteiger partial charge on any atom is -0.455 e. The molecule has 1 aromatic carbocycles. The van der Waals surface area contributed by atoms with E-state index in [4.69, 9.17) is 10.5 Å². The molecule has 0 saturated carbocycles. The summed E-state index contributed by atoms with van der Waals surface area (Å²) < 4.78 is 5.86. The van der Waals surface area contributed by atoms with Gasteiger partial charge >= 0.3 is 6.01 Å². The Morgan fingerprint density at radius 2 is 1.94 bits per heavy atom. The van der Waals surface area contributed by atoms with Crippen LogP contribution in [0, 0.1) is 0 Å². The summed E-state index contributed by atoms with van der Waals surface area (Å²) in [4.78, 5) is 8.17. The highest BCUT2D eigenvalue weighted by atomic mass is 16.5. The Morgan fingerprint density at radius 1 is 1.17 bits per heavy atom. The molecule has 2 aromatic rings. The molecule has 1 unspecified atom stereocenters. The largest absolute Gasteiger partial charge is 0.455 e. The van der Waals surface area contributed by atoms with Gasteiger partial charge in [-0.05, 0) is 30.4 Å². The van der Waals surface area contributed by atoms with Crippen LogP contribution in [0.25, 0.3) is 0 Å². The van der Waals surface area contributed by atoms with E-state index >= 15 is 0 Å². The maximum atomic E-state index is 5.86. The van der Waals surface area contributed by atoms with Crippen molar-refractivity contribution >= 4 is 5.69 Å². The van der Waals surface area contributed by atoms with Crippen LogP contribution in [0.1, 0.15) is 30.1 Å². The third kappa shape index (κ3) is 2.14. The predicted octanol–water partition coefficient (Wildman–Crippen LogP) is 2.52. The van der Waals surface area contributed by atoms with Crippen LogP contribution in [0.3, 0.4) is 0 Å².